The fourth-order valence-electron chi connectivity index (χ4n) is 1.85. The Morgan fingerprint density at radius 2 is 2.05 bits per heavy atom. The lowest BCUT2D eigenvalue weighted by Gasteiger charge is -2.19. The van der Waals surface area contributed by atoms with Crippen molar-refractivity contribution in [1.82, 2.24) is 0 Å². The molecule has 0 saturated heterocycles. The highest BCUT2D eigenvalue weighted by atomic mass is 79.9. The second kappa shape index (κ2) is 5.41. The molecule has 0 spiro atoms. The van der Waals surface area contributed by atoms with Crippen molar-refractivity contribution < 1.29 is 19.4 Å². The lowest BCUT2D eigenvalue weighted by Crippen LogP contribution is -2.26. The lowest BCUT2D eigenvalue weighted by atomic mass is 9.97. The number of carboxylic acids is 1. The van der Waals surface area contributed by atoms with Gasteiger partial charge in [-0.25, -0.2) is 0 Å². The molecule has 2 rings (SSSR count). The summed E-state index contributed by atoms with van der Waals surface area (Å²) in [7, 11) is 0. The summed E-state index contributed by atoms with van der Waals surface area (Å²) >= 11 is 3.46. The Kier molecular flexibility index (Phi) is 4.04. The van der Waals surface area contributed by atoms with E-state index in [9.17, 15) is 4.79 Å². The van der Waals surface area contributed by atoms with Gasteiger partial charge in [-0.3, -0.25) is 4.79 Å². The van der Waals surface area contributed by atoms with Crippen LogP contribution in [0.1, 0.15) is 25.8 Å². The maximum atomic E-state index is 10.6. The van der Waals surface area contributed by atoms with E-state index >= 15 is 0 Å². The highest BCUT2D eigenvalue weighted by Crippen LogP contribution is 2.40. The van der Waals surface area contributed by atoms with Crippen LogP contribution in [-0.2, 0) is 11.2 Å². The monoisotopic (exact) mass is 328 g/mol. The SMILES string of the molecule is CC1(C)COc2cc(CCC(=O)O)cc(Br)c2OC1. The summed E-state index contributed by atoms with van der Waals surface area (Å²) < 4.78 is 12.4. The van der Waals surface area contributed by atoms with Gasteiger partial charge in [0, 0.05) is 11.8 Å². The molecular weight excluding hydrogens is 312 g/mol. The van der Waals surface area contributed by atoms with E-state index in [1.54, 1.807) is 0 Å². The van der Waals surface area contributed by atoms with Crippen LogP contribution in [-0.4, -0.2) is 24.3 Å². The van der Waals surface area contributed by atoms with Crippen molar-refractivity contribution in [3.05, 3.63) is 22.2 Å². The van der Waals surface area contributed by atoms with Crippen LogP contribution < -0.4 is 9.47 Å². The molecule has 1 aliphatic rings. The predicted octanol–water partition coefficient (Wildman–Crippen LogP) is 3.26. The number of aliphatic carboxylic acids is 1. The van der Waals surface area contributed by atoms with Crippen molar-refractivity contribution in [2.45, 2.75) is 26.7 Å². The molecule has 0 atom stereocenters. The molecule has 0 bridgehead atoms. The third-order valence-corrected chi connectivity index (χ3v) is 3.51. The first kappa shape index (κ1) is 14.2. The maximum absolute atomic E-state index is 10.6. The summed E-state index contributed by atoms with van der Waals surface area (Å²) in [6, 6.07) is 3.76. The van der Waals surface area contributed by atoms with Crippen molar-refractivity contribution in [3.63, 3.8) is 0 Å². The smallest absolute Gasteiger partial charge is 0.303 e. The Labute approximate surface area is 120 Å². The molecule has 0 radical (unpaired) electrons. The minimum absolute atomic E-state index is 0.0420. The number of hydrogen-bond acceptors (Lipinski definition) is 3. The van der Waals surface area contributed by atoms with Crippen LogP contribution in [0.3, 0.4) is 0 Å². The topological polar surface area (TPSA) is 55.8 Å². The van der Waals surface area contributed by atoms with E-state index < -0.39 is 5.97 Å². The van der Waals surface area contributed by atoms with Gasteiger partial charge in [-0.05, 0) is 40.0 Å². The van der Waals surface area contributed by atoms with Gasteiger partial charge in [0.2, 0.25) is 0 Å². The van der Waals surface area contributed by atoms with Crippen LogP contribution in [0.4, 0.5) is 0 Å². The first-order valence-electron chi connectivity index (χ1n) is 6.17. The Bertz CT molecular complexity index is 496. The molecule has 19 heavy (non-hydrogen) atoms. The summed E-state index contributed by atoms with van der Waals surface area (Å²) in [6.07, 6.45) is 0.589. The van der Waals surface area contributed by atoms with E-state index in [1.807, 2.05) is 12.1 Å². The summed E-state index contributed by atoms with van der Waals surface area (Å²) in [5.41, 5.74) is 0.885. The molecule has 104 valence electrons. The Morgan fingerprint density at radius 1 is 1.37 bits per heavy atom. The number of carbonyl (C=O) groups is 1. The first-order valence-corrected chi connectivity index (χ1v) is 6.96. The molecular formula is C14H17BrO4. The highest BCUT2D eigenvalue weighted by molar-refractivity contribution is 9.10. The van der Waals surface area contributed by atoms with E-state index in [4.69, 9.17) is 14.6 Å². The van der Waals surface area contributed by atoms with Gasteiger partial charge in [-0.2, -0.15) is 0 Å². The molecule has 4 nitrogen and oxygen atoms in total. The molecule has 0 fully saturated rings. The van der Waals surface area contributed by atoms with Crippen LogP contribution in [0.15, 0.2) is 16.6 Å². The van der Waals surface area contributed by atoms with Crippen LogP contribution in [0.5, 0.6) is 11.5 Å². The number of aryl methyl sites for hydroxylation is 1. The zero-order valence-corrected chi connectivity index (χ0v) is 12.6. The lowest BCUT2D eigenvalue weighted by molar-refractivity contribution is -0.136. The average Bonchev–Trinajstić information content (AvgIpc) is 2.46. The molecule has 0 saturated carbocycles. The maximum Gasteiger partial charge on any atom is 0.303 e. The van der Waals surface area contributed by atoms with Gasteiger partial charge in [0.05, 0.1) is 17.7 Å². The van der Waals surface area contributed by atoms with Crippen LogP contribution in [0.2, 0.25) is 0 Å². The van der Waals surface area contributed by atoms with Crippen LogP contribution in [0, 0.1) is 5.41 Å². The van der Waals surface area contributed by atoms with Crippen LogP contribution >= 0.6 is 15.9 Å². The zero-order chi connectivity index (χ0) is 14.0. The standard InChI is InChI=1S/C14H17BrO4/c1-14(2)7-18-11-6-9(3-4-12(16)17)5-10(15)13(11)19-8-14/h5-6H,3-4,7-8H2,1-2H3,(H,16,17). The number of fused-ring (bicyclic) bond motifs is 1. The Hall–Kier alpha value is -1.23. The van der Waals surface area contributed by atoms with Crippen LogP contribution in [0.25, 0.3) is 0 Å². The van der Waals surface area contributed by atoms with Gasteiger partial charge in [-0.1, -0.05) is 13.8 Å². The number of ether oxygens (including phenoxy) is 2. The third-order valence-electron chi connectivity index (χ3n) is 2.92. The normalized spacial score (nSPS) is 16.8. The van der Waals surface area contributed by atoms with Crippen molar-refractivity contribution >= 4 is 21.9 Å². The quantitative estimate of drug-likeness (QED) is 0.925. The number of halogens is 1. The highest BCUT2D eigenvalue weighted by Gasteiger charge is 2.26. The fraction of sp³-hybridized carbons (Fsp3) is 0.500. The van der Waals surface area contributed by atoms with E-state index in [1.165, 1.54) is 0 Å². The van der Waals surface area contributed by atoms with Crippen molar-refractivity contribution in [3.8, 4) is 11.5 Å². The number of carboxylic acid groups (broad SMARTS) is 1. The van der Waals surface area contributed by atoms with E-state index in [2.05, 4.69) is 29.8 Å². The molecule has 1 N–H and O–H groups in total. The van der Waals surface area contributed by atoms with Crippen molar-refractivity contribution in [2.24, 2.45) is 5.41 Å². The summed E-state index contributed by atoms with van der Waals surface area (Å²) in [4.78, 5) is 10.6. The van der Waals surface area contributed by atoms with Gasteiger partial charge in [-0.15, -0.1) is 0 Å². The number of hydrogen-bond donors (Lipinski definition) is 1. The molecule has 0 unspecified atom stereocenters. The second-order valence-corrected chi connectivity index (χ2v) is 6.39. The molecule has 1 aliphatic heterocycles. The molecule has 1 aromatic carbocycles. The molecule has 5 heteroatoms. The zero-order valence-electron chi connectivity index (χ0n) is 11.0. The van der Waals surface area contributed by atoms with Gasteiger partial charge in [0.25, 0.3) is 0 Å². The summed E-state index contributed by atoms with van der Waals surface area (Å²) in [5, 5.41) is 8.73. The van der Waals surface area contributed by atoms with E-state index in [0.29, 0.717) is 31.1 Å². The summed E-state index contributed by atoms with van der Waals surface area (Å²) in [5.74, 6) is 0.578. The molecule has 0 aliphatic carbocycles. The number of rotatable bonds is 3. The molecule has 0 aromatic heterocycles. The largest absolute Gasteiger partial charge is 0.489 e. The third kappa shape index (κ3) is 3.62. The second-order valence-electron chi connectivity index (χ2n) is 5.54. The number of benzene rings is 1. The van der Waals surface area contributed by atoms with Gasteiger partial charge in [0.1, 0.15) is 0 Å². The van der Waals surface area contributed by atoms with Gasteiger partial charge < -0.3 is 14.6 Å². The Morgan fingerprint density at radius 3 is 2.74 bits per heavy atom. The van der Waals surface area contributed by atoms with E-state index in [-0.39, 0.29) is 11.8 Å². The first-order chi connectivity index (χ1) is 8.87. The molecule has 1 heterocycles. The molecule has 0 amide bonds. The minimum atomic E-state index is -0.802. The van der Waals surface area contributed by atoms with Gasteiger partial charge >= 0.3 is 5.97 Å². The molecule has 1 aromatic rings. The Balaban J connectivity index is 2.24. The van der Waals surface area contributed by atoms with Crippen molar-refractivity contribution in [2.75, 3.05) is 13.2 Å². The fourth-order valence-corrected chi connectivity index (χ4v) is 2.45. The van der Waals surface area contributed by atoms with Gasteiger partial charge in [0.15, 0.2) is 11.5 Å². The minimum Gasteiger partial charge on any atom is -0.489 e. The van der Waals surface area contributed by atoms with Crippen molar-refractivity contribution in [1.29, 1.82) is 0 Å². The predicted molar refractivity (Wildman–Crippen MR) is 74.9 cm³/mol. The average molecular weight is 329 g/mol. The summed E-state index contributed by atoms with van der Waals surface area (Å²) in [6.45, 7) is 5.33. The van der Waals surface area contributed by atoms with E-state index in [0.717, 1.165) is 10.0 Å².